The summed E-state index contributed by atoms with van der Waals surface area (Å²) in [7, 11) is 0. The highest BCUT2D eigenvalue weighted by molar-refractivity contribution is 7.80. The number of amides is 1. The van der Waals surface area contributed by atoms with Crippen molar-refractivity contribution in [1.29, 1.82) is 0 Å². The van der Waals surface area contributed by atoms with Gasteiger partial charge in [-0.1, -0.05) is 12.2 Å². The zero-order chi connectivity index (χ0) is 18.0. The van der Waals surface area contributed by atoms with Crippen LogP contribution in [0.15, 0.2) is 6.07 Å². The number of carbonyl (C=O) groups is 1. The molecular weight excluding hydrogens is 348 g/mol. The van der Waals surface area contributed by atoms with E-state index in [4.69, 9.17) is 18.0 Å². The SMILES string of the molecule is CC(C(=O)N1CCC(C(N)=S)CC1)n1nc(C(F)F)cc1C(F)F. The van der Waals surface area contributed by atoms with Crippen LogP contribution in [0.3, 0.4) is 0 Å². The third-order valence-electron chi connectivity index (χ3n) is 4.16. The molecule has 134 valence electrons. The predicted molar refractivity (Wildman–Crippen MR) is 82.9 cm³/mol. The first kappa shape index (κ1) is 18.6. The van der Waals surface area contributed by atoms with Gasteiger partial charge in [0, 0.05) is 19.0 Å². The van der Waals surface area contributed by atoms with Crippen LogP contribution in [0, 0.1) is 5.92 Å². The van der Waals surface area contributed by atoms with E-state index >= 15 is 0 Å². The minimum atomic E-state index is -3.00. The van der Waals surface area contributed by atoms with Gasteiger partial charge in [0.15, 0.2) is 0 Å². The zero-order valence-corrected chi connectivity index (χ0v) is 13.8. The van der Waals surface area contributed by atoms with Crippen molar-refractivity contribution in [3.63, 3.8) is 0 Å². The fourth-order valence-electron chi connectivity index (χ4n) is 2.76. The van der Waals surface area contributed by atoms with Crippen molar-refractivity contribution >= 4 is 23.1 Å². The number of alkyl halides is 4. The summed E-state index contributed by atoms with van der Waals surface area (Å²) in [6.45, 7) is 2.15. The van der Waals surface area contributed by atoms with Gasteiger partial charge in [-0.3, -0.25) is 9.48 Å². The molecule has 2 N–H and O–H groups in total. The summed E-state index contributed by atoms with van der Waals surface area (Å²) in [5.74, 6) is -0.395. The maximum atomic E-state index is 13.1. The maximum absolute atomic E-state index is 13.1. The van der Waals surface area contributed by atoms with E-state index in [0.29, 0.717) is 41.7 Å². The fourth-order valence-corrected chi connectivity index (χ4v) is 3.00. The van der Waals surface area contributed by atoms with Crippen LogP contribution in [0.2, 0.25) is 0 Å². The van der Waals surface area contributed by atoms with Gasteiger partial charge in [0.1, 0.15) is 17.4 Å². The maximum Gasteiger partial charge on any atom is 0.282 e. The van der Waals surface area contributed by atoms with Crippen molar-refractivity contribution in [2.24, 2.45) is 11.7 Å². The lowest BCUT2D eigenvalue weighted by Gasteiger charge is -2.33. The van der Waals surface area contributed by atoms with Crippen LogP contribution in [-0.2, 0) is 4.79 Å². The largest absolute Gasteiger partial charge is 0.393 e. The van der Waals surface area contributed by atoms with Gasteiger partial charge in [0.25, 0.3) is 12.9 Å². The number of aromatic nitrogens is 2. The Morgan fingerprint density at radius 1 is 1.29 bits per heavy atom. The quantitative estimate of drug-likeness (QED) is 0.643. The van der Waals surface area contributed by atoms with Crippen molar-refractivity contribution in [2.45, 2.75) is 38.7 Å². The van der Waals surface area contributed by atoms with Gasteiger partial charge in [0.05, 0.1) is 4.99 Å². The second-order valence-corrected chi connectivity index (χ2v) is 6.19. The van der Waals surface area contributed by atoms with E-state index in [2.05, 4.69) is 5.10 Å². The number of thiocarbonyl (C=S) groups is 1. The first-order valence-electron chi connectivity index (χ1n) is 7.46. The lowest BCUT2D eigenvalue weighted by Crippen LogP contribution is -2.44. The van der Waals surface area contributed by atoms with Gasteiger partial charge in [-0.05, 0) is 25.8 Å². The molecule has 2 heterocycles. The number of hydrogen-bond acceptors (Lipinski definition) is 3. The molecule has 10 heteroatoms. The molecule has 2 rings (SSSR count). The summed E-state index contributed by atoms with van der Waals surface area (Å²) in [6.07, 6.45) is -4.79. The average molecular weight is 366 g/mol. The third-order valence-corrected chi connectivity index (χ3v) is 4.50. The molecule has 0 aromatic carbocycles. The molecule has 1 amide bonds. The van der Waals surface area contributed by atoms with Gasteiger partial charge >= 0.3 is 0 Å². The summed E-state index contributed by atoms with van der Waals surface area (Å²) in [6, 6.07) is -0.457. The molecule has 1 aromatic heterocycles. The van der Waals surface area contributed by atoms with E-state index < -0.39 is 36.2 Å². The number of piperidine rings is 1. The molecule has 0 bridgehead atoms. The van der Waals surface area contributed by atoms with Gasteiger partial charge in [-0.2, -0.15) is 5.10 Å². The summed E-state index contributed by atoms with van der Waals surface area (Å²) in [4.78, 5) is 14.4. The molecule has 1 saturated heterocycles. The number of carbonyl (C=O) groups excluding carboxylic acids is 1. The highest BCUT2D eigenvalue weighted by atomic mass is 32.1. The number of rotatable bonds is 5. The van der Waals surface area contributed by atoms with Crippen LogP contribution in [-0.4, -0.2) is 38.7 Å². The number of nitrogens with zero attached hydrogens (tertiary/aromatic N) is 3. The molecule has 1 aliphatic rings. The highest BCUT2D eigenvalue weighted by Gasteiger charge is 2.31. The Morgan fingerprint density at radius 3 is 2.33 bits per heavy atom. The first-order valence-corrected chi connectivity index (χ1v) is 7.87. The van der Waals surface area contributed by atoms with Crippen LogP contribution < -0.4 is 5.73 Å². The summed E-state index contributed by atoms with van der Waals surface area (Å²) in [5.41, 5.74) is 4.13. The molecule has 0 aliphatic carbocycles. The monoisotopic (exact) mass is 366 g/mol. The lowest BCUT2D eigenvalue weighted by molar-refractivity contribution is -0.135. The Kier molecular flexibility index (Phi) is 5.79. The second kappa shape index (κ2) is 7.45. The topological polar surface area (TPSA) is 64.2 Å². The van der Waals surface area contributed by atoms with Crippen molar-refractivity contribution < 1.29 is 22.4 Å². The van der Waals surface area contributed by atoms with Crippen LogP contribution in [0.5, 0.6) is 0 Å². The van der Waals surface area contributed by atoms with E-state index in [0.717, 1.165) is 0 Å². The number of halogens is 4. The van der Waals surface area contributed by atoms with E-state index in [1.54, 1.807) is 0 Å². The van der Waals surface area contributed by atoms with E-state index in [1.807, 2.05) is 0 Å². The third kappa shape index (κ3) is 3.85. The molecule has 1 atom stereocenters. The standard InChI is InChI=1S/C14H18F4N4OS/c1-7(14(23)21-4-2-8(3-5-21)13(19)24)22-10(12(17)18)6-9(20-22)11(15)16/h6-8,11-12H,2-5H2,1H3,(H2,19,24). The second-order valence-electron chi connectivity index (χ2n) is 5.72. The van der Waals surface area contributed by atoms with Gasteiger partial charge < -0.3 is 10.6 Å². The van der Waals surface area contributed by atoms with Crippen LogP contribution in [0.4, 0.5) is 17.6 Å². The molecule has 0 saturated carbocycles. The van der Waals surface area contributed by atoms with Crippen molar-refractivity contribution in [3.8, 4) is 0 Å². The Labute approximate surface area is 141 Å². The number of likely N-dealkylation sites (tertiary alicyclic amines) is 1. The Morgan fingerprint density at radius 2 is 1.88 bits per heavy atom. The van der Waals surface area contributed by atoms with Crippen LogP contribution >= 0.6 is 12.2 Å². The molecule has 1 aliphatic heterocycles. The van der Waals surface area contributed by atoms with Crippen LogP contribution in [0.25, 0.3) is 0 Å². The minimum absolute atomic E-state index is 0.0473. The van der Waals surface area contributed by atoms with E-state index in [-0.39, 0.29) is 5.92 Å². The summed E-state index contributed by atoms with van der Waals surface area (Å²) < 4.78 is 52.2. The van der Waals surface area contributed by atoms with Gasteiger partial charge in [-0.15, -0.1) is 0 Å². The normalized spacial score (nSPS) is 17.5. The van der Waals surface area contributed by atoms with Gasteiger partial charge in [-0.25, -0.2) is 17.6 Å². The molecule has 24 heavy (non-hydrogen) atoms. The van der Waals surface area contributed by atoms with Crippen molar-refractivity contribution in [2.75, 3.05) is 13.1 Å². The Bertz CT molecular complexity index is 614. The average Bonchev–Trinajstić information content (AvgIpc) is 2.99. The molecule has 5 nitrogen and oxygen atoms in total. The summed E-state index contributed by atoms with van der Waals surface area (Å²) in [5, 5.41) is 3.49. The van der Waals surface area contributed by atoms with Crippen LogP contribution in [0.1, 0.15) is 50.0 Å². The van der Waals surface area contributed by atoms with Crippen molar-refractivity contribution in [1.82, 2.24) is 14.7 Å². The van der Waals surface area contributed by atoms with E-state index in [1.165, 1.54) is 11.8 Å². The Hall–Kier alpha value is -1.71. The molecule has 1 unspecified atom stereocenters. The van der Waals surface area contributed by atoms with Crippen molar-refractivity contribution in [3.05, 3.63) is 17.5 Å². The highest BCUT2D eigenvalue weighted by Crippen LogP contribution is 2.28. The molecule has 0 spiro atoms. The summed E-state index contributed by atoms with van der Waals surface area (Å²) >= 11 is 4.93. The number of hydrogen-bond donors (Lipinski definition) is 1. The number of nitrogens with two attached hydrogens (primary N) is 1. The lowest BCUT2D eigenvalue weighted by atomic mass is 9.96. The molecule has 1 fully saturated rings. The zero-order valence-electron chi connectivity index (χ0n) is 13.0. The van der Waals surface area contributed by atoms with Gasteiger partial charge in [0.2, 0.25) is 5.91 Å². The minimum Gasteiger partial charge on any atom is -0.393 e. The predicted octanol–water partition coefficient (Wildman–Crippen LogP) is 2.84. The molecule has 1 aromatic rings. The first-order chi connectivity index (χ1) is 11.2. The van der Waals surface area contributed by atoms with E-state index in [9.17, 15) is 22.4 Å². The fraction of sp³-hybridized carbons (Fsp3) is 0.643. The smallest absolute Gasteiger partial charge is 0.282 e. The molecule has 0 radical (unpaired) electrons. The molecular formula is C14H18F4N4OS. The Balaban J connectivity index is 2.15.